The van der Waals surface area contributed by atoms with Gasteiger partial charge in [-0.2, -0.15) is 0 Å². The summed E-state index contributed by atoms with van der Waals surface area (Å²) in [6.07, 6.45) is 1.17. The lowest BCUT2D eigenvalue weighted by atomic mass is 10.1. The smallest absolute Gasteiger partial charge is 0.253 e. The second-order valence-electron chi connectivity index (χ2n) is 6.61. The van der Waals surface area contributed by atoms with E-state index < -0.39 is 6.10 Å². The molecule has 2 aromatic carbocycles. The van der Waals surface area contributed by atoms with Crippen LogP contribution in [-0.4, -0.2) is 25.2 Å². The molecule has 1 amide bonds. The Morgan fingerprint density at radius 1 is 1.21 bits per heavy atom. The van der Waals surface area contributed by atoms with Crippen LogP contribution < -0.4 is 15.5 Å². The largest absolute Gasteiger partial charge is 0.493 e. The van der Waals surface area contributed by atoms with Crippen molar-refractivity contribution in [2.75, 3.05) is 18.5 Å². The summed E-state index contributed by atoms with van der Waals surface area (Å²) >= 11 is 0. The quantitative estimate of drug-likeness (QED) is 0.726. The first-order valence-corrected chi connectivity index (χ1v) is 9.38. The van der Waals surface area contributed by atoms with Gasteiger partial charge in [0.15, 0.2) is 5.43 Å². The average molecular weight is 379 g/mol. The first-order valence-electron chi connectivity index (χ1n) is 9.38. The normalized spacial score (nSPS) is 16.2. The van der Waals surface area contributed by atoms with Crippen LogP contribution in [0.15, 0.2) is 57.7 Å². The fraction of sp³-hybridized carbons (Fsp3) is 0.273. The number of amides is 1. The lowest BCUT2D eigenvalue weighted by molar-refractivity contribution is -0.124. The van der Waals surface area contributed by atoms with Crippen LogP contribution in [0, 0.1) is 0 Å². The Labute approximate surface area is 162 Å². The SMILES string of the molecule is CCOc1ccccc1-c1cc(=O)c2ccc(NC(=O)C3CCCO3)cc2o1. The minimum atomic E-state index is -0.424. The van der Waals surface area contributed by atoms with Crippen molar-refractivity contribution in [2.45, 2.75) is 25.9 Å². The summed E-state index contributed by atoms with van der Waals surface area (Å²) in [6.45, 7) is 3.01. The highest BCUT2D eigenvalue weighted by Gasteiger charge is 2.23. The lowest BCUT2D eigenvalue weighted by Crippen LogP contribution is -2.26. The molecular weight excluding hydrogens is 358 g/mol. The summed E-state index contributed by atoms with van der Waals surface area (Å²) in [5, 5.41) is 3.29. The lowest BCUT2D eigenvalue weighted by Gasteiger charge is -2.12. The van der Waals surface area contributed by atoms with E-state index in [0.717, 1.165) is 6.42 Å². The standard InChI is InChI=1S/C22H21NO5/c1-2-26-18-7-4-3-6-16(18)21-13-17(24)15-10-9-14(12-20(15)28-21)23-22(25)19-8-5-11-27-19/h3-4,6-7,9-10,12-13,19H,2,5,8,11H2,1H3,(H,23,25). The monoisotopic (exact) mass is 379 g/mol. The zero-order valence-electron chi connectivity index (χ0n) is 15.6. The van der Waals surface area contributed by atoms with E-state index >= 15 is 0 Å². The Bertz CT molecular complexity index is 1070. The van der Waals surface area contributed by atoms with Crippen LogP contribution in [0.4, 0.5) is 5.69 Å². The van der Waals surface area contributed by atoms with Crippen LogP contribution in [0.25, 0.3) is 22.3 Å². The second kappa shape index (κ2) is 7.86. The highest BCUT2D eigenvalue weighted by Crippen LogP contribution is 2.31. The second-order valence-corrected chi connectivity index (χ2v) is 6.61. The van der Waals surface area contributed by atoms with Gasteiger partial charge in [0.25, 0.3) is 5.91 Å². The van der Waals surface area contributed by atoms with Gasteiger partial charge in [-0.25, -0.2) is 0 Å². The van der Waals surface area contributed by atoms with E-state index in [0.29, 0.717) is 53.4 Å². The molecule has 28 heavy (non-hydrogen) atoms. The maximum Gasteiger partial charge on any atom is 0.253 e. The Hall–Kier alpha value is -3.12. The van der Waals surface area contributed by atoms with E-state index in [-0.39, 0.29) is 11.3 Å². The molecule has 6 heteroatoms. The first-order chi connectivity index (χ1) is 13.7. The van der Waals surface area contributed by atoms with Crippen LogP contribution >= 0.6 is 0 Å². The van der Waals surface area contributed by atoms with Crippen molar-refractivity contribution < 1.29 is 18.7 Å². The van der Waals surface area contributed by atoms with E-state index in [1.165, 1.54) is 6.07 Å². The molecule has 0 bridgehead atoms. The molecule has 2 heterocycles. The Balaban J connectivity index is 1.71. The molecule has 144 valence electrons. The van der Waals surface area contributed by atoms with Crippen LogP contribution in [0.2, 0.25) is 0 Å². The highest BCUT2D eigenvalue weighted by atomic mass is 16.5. The van der Waals surface area contributed by atoms with Crippen molar-refractivity contribution in [3.63, 3.8) is 0 Å². The van der Waals surface area contributed by atoms with Crippen LogP contribution in [0.3, 0.4) is 0 Å². The van der Waals surface area contributed by atoms with Gasteiger partial charge in [-0.05, 0) is 44.0 Å². The van der Waals surface area contributed by atoms with Crippen LogP contribution in [-0.2, 0) is 9.53 Å². The van der Waals surface area contributed by atoms with Crippen molar-refractivity contribution in [1.82, 2.24) is 0 Å². The van der Waals surface area contributed by atoms with E-state index in [1.54, 1.807) is 18.2 Å². The molecule has 0 saturated carbocycles. The zero-order chi connectivity index (χ0) is 19.5. The molecule has 1 fully saturated rings. The van der Waals surface area contributed by atoms with Gasteiger partial charge in [0, 0.05) is 24.4 Å². The van der Waals surface area contributed by atoms with Crippen molar-refractivity contribution in [2.24, 2.45) is 0 Å². The molecule has 3 aromatic rings. The molecule has 1 atom stereocenters. The fourth-order valence-electron chi connectivity index (χ4n) is 3.32. The van der Waals surface area contributed by atoms with E-state index in [4.69, 9.17) is 13.9 Å². The summed E-state index contributed by atoms with van der Waals surface area (Å²) < 4.78 is 17.1. The third kappa shape index (κ3) is 3.64. The predicted octanol–water partition coefficient (Wildman–Crippen LogP) is 3.98. The third-order valence-electron chi connectivity index (χ3n) is 4.67. The van der Waals surface area contributed by atoms with Gasteiger partial charge >= 0.3 is 0 Å². The summed E-state index contributed by atoms with van der Waals surface area (Å²) in [4.78, 5) is 24.9. The van der Waals surface area contributed by atoms with E-state index in [9.17, 15) is 9.59 Å². The minimum absolute atomic E-state index is 0.153. The number of anilines is 1. The predicted molar refractivity (Wildman–Crippen MR) is 107 cm³/mol. The number of carbonyl (C=O) groups is 1. The number of nitrogens with one attached hydrogen (secondary N) is 1. The molecule has 4 rings (SSSR count). The number of ether oxygens (including phenoxy) is 2. The Kier molecular flexibility index (Phi) is 5.12. The van der Waals surface area contributed by atoms with Crippen molar-refractivity contribution >= 4 is 22.6 Å². The summed E-state index contributed by atoms with van der Waals surface area (Å²) in [5.74, 6) is 0.886. The number of para-hydroxylation sites is 1. The number of benzene rings is 2. The molecule has 6 nitrogen and oxygen atoms in total. The maximum atomic E-state index is 12.6. The topological polar surface area (TPSA) is 77.8 Å². The average Bonchev–Trinajstić information content (AvgIpc) is 3.23. The summed E-state index contributed by atoms with van der Waals surface area (Å²) in [6, 6.07) is 13.9. The van der Waals surface area contributed by atoms with E-state index in [2.05, 4.69) is 5.32 Å². The molecule has 1 unspecified atom stereocenters. The van der Waals surface area contributed by atoms with Gasteiger partial charge < -0.3 is 19.2 Å². The molecule has 0 aliphatic carbocycles. The molecule has 0 radical (unpaired) electrons. The fourth-order valence-corrected chi connectivity index (χ4v) is 3.32. The number of hydrogen-bond acceptors (Lipinski definition) is 5. The van der Waals surface area contributed by atoms with E-state index in [1.807, 2.05) is 31.2 Å². The molecule has 1 N–H and O–H groups in total. The first kappa shape index (κ1) is 18.3. The molecule has 1 aliphatic rings. The highest BCUT2D eigenvalue weighted by molar-refractivity contribution is 5.96. The maximum absolute atomic E-state index is 12.6. The molecule has 0 spiro atoms. The number of hydrogen-bond donors (Lipinski definition) is 1. The minimum Gasteiger partial charge on any atom is -0.493 e. The van der Waals surface area contributed by atoms with Gasteiger partial charge in [-0.1, -0.05) is 12.1 Å². The van der Waals surface area contributed by atoms with Crippen molar-refractivity contribution in [3.8, 4) is 17.1 Å². The number of fused-ring (bicyclic) bond motifs is 1. The van der Waals surface area contributed by atoms with Crippen molar-refractivity contribution in [1.29, 1.82) is 0 Å². The van der Waals surface area contributed by atoms with Gasteiger partial charge in [-0.15, -0.1) is 0 Å². The van der Waals surface area contributed by atoms with Gasteiger partial charge in [0.05, 0.1) is 17.6 Å². The van der Waals surface area contributed by atoms with Crippen molar-refractivity contribution in [3.05, 3.63) is 58.8 Å². The summed E-state index contributed by atoms with van der Waals surface area (Å²) in [7, 11) is 0. The summed E-state index contributed by atoms with van der Waals surface area (Å²) in [5.41, 5.74) is 1.52. The molecule has 1 aliphatic heterocycles. The van der Waals surface area contributed by atoms with Gasteiger partial charge in [0.1, 0.15) is 23.2 Å². The zero-order valence-corrected chi connectivity index (χ0v) is 15.6. The third-order valence-corrected chi connectivity index (χ3v) is 4.67. The Morgan fingerprint density at radius 2 is 2.07 bits per heavy atom. The van der Waals surface area contributed by atoms with Gasteiger partial charge in [-0.3, -0.25) is 9.59 Å². The van der Waals surface area contributed by atoms with Crippen LogP contribution in [0.1, 0.15) is 19.8 Å². The number of carbonyl (C=O) groups excluding carboxylic acids is 1. The van der Waals surface area contributed by atoms with Gasteiger partial charge in [0.2, 0.25) is 0 Å². The molecular formula is C22H21NO5. The van der Waals surface area contributed by atoms with Crippen LogP contribution in [0.5, 0.6) is 5.75 Å². The molecule has 1 saturated heterocycles. The number of rotatable bonds is 5. The molecule has 1 aromatic heterocycles. The Morgan fingerprint density at radius 3 is 2.86 bits per heavy atom.